The molecule has 0 saturated heterocycles. The third kappa shape index (κ3) is 2.88. The third-order valence-corrected chi connectivity index (χ3v) is 8.29. The van der Waals surface area contributed by atoms with Gasteiger partial charge in [0, 0.05) is 0 Å². The van der Waals surface area contributed by atoms with Crippen LogP contribution in [0.5, 0.6) is 0 Å². The van der Waals surface area contributed by atoms with Gasteiger partial charge in [0.15, 0.2) is 5.41 Å². The minimum absolute atomic E-state index is 0.0834. The van der Waals surface area contributed by atoms with Crippen molar-refractivity contribution in [1.29, 1.82) is 0 Å². The molecule has 0 aromatic rings. The molecule has 4 nitrogen and oxygen atoms in total. The van der Waals surface area contributed by atoms with Crippen molar-refractivity contribution >= 4 is 11.9 Å². The average Bonchev–Trinajstić information content (AvgIpc) is 3.41. The molecule has 4 rings (SSSR count). The lowest BCUT2D eigenvalue weighted by atomic mass is 9.69. The first-order valence-corrected chi connectivity index (χ1v) is 10.8. The molecule has 0 amide bonds. The van der Waals surface area contributed by atoms with Crippen LogP contribution in [0.1, 0.15) is 72.1 Å². The zero-order valence-electron chi connectivity index (χ0n) is 16.5. The second-order valence-electron chi connectivity index (χ2n) is 9.65. The first kappa shape index (κ1) is 18.3. The van der Waals surface area contributed by atoms with E-state index in [1.54, 1.807) is 6.92 Å². The third-order valence-electron chi connectivity index (χ3n) is 8.29. The number of ether oxygens (including phenoxy) is 2. The zero-order valence-corrected chi connectivity index (χ0v) is 16.5. The van der Waals surface area contributed by atoms with Crippen LogP contribution in [0.25, 0.3) is 0 Å². The molecule has 0 aromatic carbocycles. The summed E-state index contributed by atoms with van der Waals surface area (Å²) in [7, 11) is 0. The summed E-state index contributed by atoms with van der Waals surface area (Å²) in [5.41, 5.74) is -1.14. The van der Waals surface area contributed by atoms with Crippen LogP contribution in [-0.4, -0.2) is 24.6 Å². The maximum atomic E-state index is 13.3. The fourth-order valence-corrected chi connectivity index (χ4v) is 6.87. The molecular weight excluding hydrogens is 328 g/mol. The van der Waals surface area contributed by atoms with E-state index >= 15 is 0 Å². The van der Waals surface area contributed by atoms with Crippen molar-refractivity contribution in [2.45, 2.75) is 78.2 Å². The Morgan fingerprint density at radius 1 is 0.962 bits per heavy atom. The molecule has 26 heavy (non-hydrogen) atoms. The van der Waals surface area contributed by atoms with E-state index in [-0.39, 0.29) is 24.0 Å². The standard InChI is InChI=1S/C22H34O4/c1-4-25-20(23)22(3,19-12-15-6-8-17(19)10-15)21(24)26-13(2)18-11-14-5-7-16(18)9-14/h13-19H,4-12H2,1-3H3. The SMILES string of the molecule is CCOC(=O)C(C)(C(=O)OC(C)C1CC2CCC1C2)C1CC2CCC1C2. The van der Waals surface area contributed by atoms with Crippen molar-refractivity contribution in [2.24, 2.45) is 40.9 Å². The van der Waals surface area contributed by atoms with Crippen molar-refractivity contribution in [3.05, 3.63) is 0 Å². The number of hydrogen-bond acceptors (Lipinski definition) is 4. The van der Waals surface area contributed by atoms with Crippen LogP contribution in [0.4, 0.5) is 0 Å². The van der Waals surface area contributed by atoms with Gasteiger partial charge in [-0.2, -0.15) is 0 Å². The van der Waals surface area contributed by atoms with Crippen molar-refractivity contribution in [2.75, 3.05) is 6.61 Å². The number of esters is 2. The number of fused-ring (bicyclic) bond motifs is 4. The minimum atomic E-state index is -1.14. The molecule has 8 unspecified atom stereocenters. The topological polar surface area (TPSA) is 52.6 Å². The van der Waals surface area contributed by atoms with E-state index in [1.165, 1.54) is 32.1 Å². The van der Waals surface area contributed by atoms with Crippen LogP contribution in [0, 0.1) is 40.9 Å². The lowest BCUT2D eigenvalue weighted by Gasteiger charge is -2.37. The first-order chi connectivity index (χ1) is 12.4. The highest BCUT2D eigenvalue weighted by atomic mass is 16.6. The Bertz CT molecular complexity index is 572. The molecule has 4 aliphatic rings. The zero-order chi connectivity index (χ0) is 18.5. The van der Waals surface area contributed by atoms with Gasteiger partial charge in [-0.1, -0.05) is 12.8 Å². The molecule has 0 aliphatic heterocycles. The monoisotopic (exact) mass is 362 g/mol. The first-order valence-electron chi connectivity index (χ1n) is 10.8. The van der Waals surface area contributed by atoms with Crippen LogP contribution in [-0.2, 0) is 19.1 Å². The molecule has 0 aromatic heterocycles. The highest BCUT2D eigenvalue weighted by Crippen LogP contribution is 2.56. The van der Waals surface area contributed by atoms with Crippen molar-refractivity contribution in [3.8, 4) is 0 Å². The largest absolute Gasteiger partial charge is 0.465 e. The van der Waals surface area contributed by atoms with Crippen molar-refractivity contribution in [1.82, 2.24) is 0 Å². The molecule has 4 fully saturated rings. The van der Waals surface area contributed by atoms with Gasteiger partial charge in [-0.25, -0.2) is 0 Å². The van der Waals surface area contributed by atoms with Crippen LogP contribution < -0.4 is 0 Å². The molecule has 0 radical (unpaired) electrons. The Balaban J connectivity index is 1.49. The van der Waals surface area contributed by atoms with Crippen LogP contribution in [0.2, 0.25) is 0 Å². The van der Waals surface area contributed by atoms with E-state index in [2.05, 4.69) is 0 Å². The van der Waals surface area contributed by atoms with Crippen molar-refractivity contribution in [3.63, 3.8) is 0 Å². The van der Waals surface area contributed by atoms with E-state index in [9.17, 15) is 9.59 Å². The summed E-state index contributed by atoms with van der Waals surface area (Å²) in [6.07, 6.45) is 9.52. The molecule has 0 spiro atoms. The summed E-state index contributed by atoms with van der Waals surface area (Å²) >= 11 is 0. The Hall–Kier alpha value is -1.06. The molecular formula is C22H34O4. The van der Waals surface area contributed by atoms with E-state index in [0.29, 0.717) is 30.3 Å². The average molecular weight is 363 g/mol. The lowest BCUT2D eigenvalue weighted by Crippen LogP contribution is -2.48. The number of rotatable bonds is 6. The van der Waals surface area contributed by atoms with Gasteiger partial charge in [-0.05, 0) is 94.8 Å². The second-order valence-corrected chi connectivity index (χ2v) is 9.65. The van der Waals surface area contributed by atoms with Crippen molar-refractivity contribution < 1.29 is 19.1 Å². The Morgan fingerprint density at radius 2 is 1.62 bits per heavy atom. The summed E-state index contributed by atoms with van der Waals surface area (Å²) in [5.74, 6) is 2.54. The van der Waals surface area contributed by atoms with Gasteiger partial charge < -0.3 is 9.47 Å². The van der Waals surface area contributed by atoms with Gasteiger partial charge in [0.05, 0.1) is 6.61 Å². The van der Waals surface area contributed by atoms with E-state index < -0.39 is 5.41 Å². The normalized spacial score (nSPS) is 41.0. The predicted octanol–water partition coefficient (Wildman–Crippen LogP) is 4.36. The van der Waals surface area contributed by atoms with Gasteiger partial charge >= 0.3 is 11.9 Å². The molecule has 0 N–H and O–H groups in total. The number of hydrogen-bond donors (Lipinski definition) is 0. The summed E-state index contributed by atoms with van der Waals surface area (Å²) in [6, 6.07) is 0. The predicted molar refractivity (Wildman–Crippen MR) is 98.2 cm³/mol. The van der Waals surface area contributed by atoms with E-state index in [4.69, 9.17) is 9.47 Å². The molecule has 4 bridgehead atoms. The van der Waals surface area contributed by atoms with E-state index in [0.717, 1.165) is 25.2 Å². The second kappa shape index (κ2) is 6.83. The fourth-order valence-electron chi connectivity index (χ4n) is 6.87. The highest BCUT2D eigenvalue weighted by Gasteiger charge is 2.58. The Labute approximate surface area is 157 Å². The van der Waals surface area contributed by atoms with E-state index in [1.807, 2.05) is 13.8 Å². The summed E-state index contributed by atoms with van der Waals surface area (Å²) in [5, 5.41) is 0. The smallest absolute Gasteiger partial charge is 0.323 e. The minimum Gasteiger partial charge on any atom is -0.465 e. The van der Waals surface area contributed by atoms with Gasteiger partial charge in [-0.15, -0.1) is 0 Å². The Kier molecular flexibility index (Phi) is 4.81. The van der Waals surface area contributed by atoms with Gasteiger partial charge in [0.1, 0.15) is 6.10 Å². The van der Waals surface area contributed by atoms with Crippen LogP contribution in [0.15, 0.2) is 0 Å². The number of carbonyl (C=O) groups excluding carboxylic acids is 2. The Morgan fingerprint density at radius 3 is 2.12 bits per heavy atom. The molecule has 4 saturated carbocycles. The van der Waals surface area contributed by atoms with Gasteiger partial charge in [0.2, 0.25) is 0 Å². The molecule has 8 atom stereocenters. The summed E-state index contributed by atoms with van der Waals surface area (Å²) in [6.45, 7) is 5.95. The molecule has 0 heterocycles. The van der Waals surface area contributed by atoms with Gasteiger partial charge in [-0.3, -0.25) is 9.59 Å². The quantitative estimate of drug-likeness (QED) is 0.520. The molecule has 4 aliphatic carbocycles. The van der Waals surface area contributed by atoms with Crippen LogP contribution in [0.3, 0.4) is 0 Å². The highest BCUT2D eigenvalue weighted by molar-refractivity contribution is 6.00. The summed E-state index contributed by atoms with van der Waals surface area (Å²) in [4.78, 5) is 26.2. The number of carbonyl (C=O) groups is 2. The molecule has 4 heteroatoms. The van der Waals surface area contributed by atoms with Crippen LogP contribution >= 0.6 is 0 Å². The van der Waals surface area contributed by atoms with Gasteiger partial charge in [0.25, 0.3) is 0 Å². The summed E-state index contributed by atoms with van der Waals surface area (Å²) < 4.78 is 11.4. The lowest BCUT2D eigenvalue weighted by molar-refractivity contribution is -0.182. The maximum absolute atomic E-state index is 13.3. The fraction of sp³-hybridized carbons (Fsp3) is 0.909. The maximum Gasteiger partial charge on any atom is 0.323 e. The molecule has 146 valence electrons.